The van der Waals surface area contributed by atoms with Crippen molar-refractivity contribution in [1.29, 1.82) is 0 Å². The second-order valence-corrected chi connectivity index (χ2v) is 8.77. The number of aliphatic carboxylic acids is 1. The van der Waals surface area contributed by atoms with Crippen LogP contribution >= 0.6 is 11.8 Å². The molecule has 0 aromatic heterocycles. The van der Waals surface area contributed by atoms with Crippen LogP contribution in [-0.4, -0.2) is 82.6 Å². The molecule has 0 saturated carbocycles. The van der Waals surface area contributed by atoms with Crippen LogP contribution in [0.15, 0.2) is 30.3 Å². The van der Waals surface area contributed by atoms with E-state index in [0.717, 1.165) is 5.56 Å². The van der Waals surface area contributed by atoms with Crippen LogP contribution in [0.3, 0.4) is 0 Å². The van der Waals surface area contributed by atoms with Crippen molar-refractivity contribution < 1.29 is 34.2 Å². The van der Waals surface area contributed by atoms with Crippen LogP contribution in [0.5, 0.6) is 0 Å². The highest BCUT2D eigenvalue weighted by atomic mass is 32.2. The van der Waals surface area contributed by atoms with Gasteiger partial charge in [-0.1, -0.05) is 30.3 Å². The SMILES string of the molecule is CSCCC(NC(=O)C(CCC(N)=O)NC(=O)C(N)Cc1ccccc1)C(=O)NC(CO)C(=O)O. The van der Waals surface area contributed by atoms with Gasteiger partial charge in [0.05, 0.1) is 12.6 Å². The van der Waals surface area contributed by atoms with Crippen LogP contribution in [0.25, 0.3) is 0 Å². The molecule has 4 unspecified atom stereocenters. The number of aliphatic hydroxyl groups is 1. The van der Waals surface area contributed by atoms with Gasteiger partial charge in [-0.2, -0.15) is 11.8 Å². The van der Waals surface area contributed by atoms with Gasteiger partial charge in [0.1, 0.15) is 18.1 Å². The van der Waals surface area contributed by atoms with Gasteiger partial charge in [-0.05, 0) is 36.8 Å². The van der Waals surface area contributed by atoms with E-state index in [4.69, 9.17) is 21.7 Å². The maximum atomic E-state index is 13.0. The van der Waals surface area contributed by atoms with Gasteiger partial charge in [0.25, 0.3) is 0 Å². The van der Waals surface area contributed by atoms with E-state index < -0.39 is 60.4 Å². The highest BCUT2D eigenvalue weighted by Gasteiger charge is 2.30. The van der Waals surface area contributed by atoms with Crippen LogP contribution < -0.4 is 27.4 Å². The summed E-state index contributed by atoms with van der Waals surface area (Å²) in [5.74, 6) is -3.87. The summed E-state index contributed by atoms with van der Waals surface area (Å²) in [4.78, 5) is 60.6. The molecule has 1 aromatic carbocycles. The maximum absolute atomic E-state index is 13.0. The molecule has 0 saturated heterocycles. The Labute approximate surface area is 207 Å². The van der Waals surface area contributed by atoms with Gasteiger partial charge < -0.3 is 37.6 Å². The lowest BCUT2D eigenvalue weighted by Crippen LogP contribution is -2.57. The number of thioether (sulfide) groups is 1. The average Bonchev–Trinajstić information content (AvgIpc) is 2.82. The summed E-state index contributed by atoms with van der Waals surface area (Å²) in [6.07, 6.45) is 1.82. The molecular weight excluding hydrogens is 478 g/mol. The molecular formula is C22H33N5O7S. The molecule has 4 atom stereocenters. The number of carbonyl (C=O) groups is 5. The fourth-order valence-electron chi connectivity index (χ4n) is 3.03. The molecule has 0 spiro atoms. The molecule has 194 valence electrons. The minimum absolute atomic E-state index is 0.129. The Kier molecular flexibility index (Phi) is 13.4. The third kappa shape index (κ3) is 11.2. The number of carbonyl (C=O) groups excluding carboxylic acids is 4. The third-order valence-corrected chi connectivity index (χ3v) is 5.63. The molecule has 0 bridgehead atoms. The van der Waals surface area contributed by atoms with Crippen LogP contribution in [0.2, 0.25) is 0 Å². The number of benzene rings is 1. The second-order valence-electron chi connectivity index (χ2n) is 7.79. The zero-order valence-corrected chi connectivity index (χ0v) is 20.3. The number of nitrogens with one attached hydrogen (secondary N) is 3. The largest absolute Gasteiger partial charge is 0.480 e. The first-order valence-corrected chi connectivity index (χ1v) is 12.3. The van der Waals surface area contributed by atoms with Gasteiger partial charge in [-0.3, -0.25) is 19.2 Å². The van der Waals surface area contributed by atoms with Gasteiger partial charge in [0, 0.05) is 6.42 Å². The third-order valence-electron chi connectivity index (χ3n) is 4.99. The smallest absolute Gasteiger partial charge is 0.328 e. The quantitative estimate of drug-likeness (QED) is 0.132. The predicted octanol–water partition coefficient (Wildman–Crippen LogP) is -1.89. The van der Waals surface area contributed by atoms with Crippen molar-refractivity contribution in [2.75, 3.05) is 18.6 Å². The van der Waals surface area contributed by atoms with Crippen LogP contribution in [0.4, 0.5) is 0 Å². The predicted molar refractivity (Wildman–Crippen MR) is 130 cm³/mol. The van der Waals surface area contributed by atoms with E-state index in [1.165, 1.54) is 11.8 Å². The number of carboxylic acid groups (broad SMARTS) is 1. The Hall–Kier alpha value is -3.16. The van der Waals surface area contributed by atoms with Crippen molar-refractivity contribution in [1.82, 2.24) is 16.0 Å². The summed E-state index contributed by atoms with van der Waals surface area (Å²) in [5.41, 5.74) is 12.0. The van der Waals surface area contributed by atoms with Crippen LogP contribution in [0, 0.1) is 0 Å². The molecule has 0 heterocycles. The van der Waals surface area contributed by atoms with E-state index in [1.54, 1.807) is 30.5 Å². The molecule has 9 N–H and O–H groups in total. The minimum atomic E-state index is -1.54. The molecule has 1 rings (SSSR count). The molecule has 1 aromatic rings. The first kappa shape index (κ1) is 29.9. The fourth-order valence-corrected chi connectivity index (χ4v) is 3.50. The summed E-state index contributed by atoms with van der Waals surface area (Å²) in [6.45, 7) is -0.832. The van der Waals surface area contributed by atoms with Gasteiger partial charge >= 0.3 is 5.97 Å². The number of rotatable bonds is 16. The maximum Gasteiger partial charge on any atom is 0.328 e. The molecule has 12 nitrogen and oxygen atoms in total. The monoisotopic (exact) mass is 511 g/mol. The minimum Gasteiger partial charge on any atom is -0.480 e. The molecule has 0 aliphatic heterocycles. The second kappa shape index (κ2) is 15.7. The Morgan fingerprint density at radius 2 is 1.46 bits per heavy atom. The van der Waals surface area contributed by atoms with Gasteiger partial charge in [-0.25, -0.2) is 4.79 Å². The fraction of sp³-hybridized carbons (Fsp3) is 0.500. The topological polar surface area (TPSA) is 214 Å². The highest BCUT2D eigenvalue weighted by Crippen LogP contribution is 2.06. The van der Waals surface area contributed by atoms with Crippen molar-refractivity contribution in [3.05, 3.63) is 35.9 Å². The molecule has 4 amide bonds. The van der Waals surface area contributed by atoms with Gasteiger partial charge in [-0.15, -0.1) is 0 Å². The zero-order chi connectivity index (χ0) is 26.4. The lowest BCUT2D eigenvalue weighted by Gasteiger charge is -2.25. The molecule has 13 heteroatoms. The standard InChI is InChI=1S/C22H33N5O7S/c1-35-10-9-16(21(32)27-17(12-28)22(33)34)26-20(31)15(7-8-18(24)29)25-19(30)14(23)11-13-5-3-2-4-6-13/h2-6,14-17,28H,7-12,23H2,1H3,(H2,24,29)(H,25,30)(H,26,31)(H,27,32)(H,33,34). The lowest BCUT2D eigenvalue weighted by atomic mass is 10.0. The van der Waals surface area contributed by atoms with Gasteiger partial charge in [0.2, 0.25) is 23.6 Å². The van der Waals surface area contributed by atoms with Crippen molar-refractivity contribution in [2.24, 2.45) is 11.5 Å². The number of primary amides is 1. The van der Waals surface area contributed by atoms with Crippen LogP contribution in [-0.2, 0) is 30.4 Å². The zero-order valence-electron chi connectivity index (χ0n) is 19.4. The molecule has 0 aliphatic carbocycles. The van der Waals surface area contributed by atoms with Crippen molar-refractivity contribution in [3.63, 3.8) is 0 Å². The Morgan fingerprint density at radius 1 is 0.914 bits per heavy atom. The first-order valence-electron chi connectivity index (χ1n) is 10.9. The summed E-state index contributed by atoms with van der Waals surface area (Å²) in [5, 5.41) is 25.4. The van der Waals surface area contributed by atoms with Crippen LogP contribution in [0.1, 0.15) is 24.8 Å². The number of hydrogen-bond donors (Lipinski definition) is 7. The summed E-state index contributed by atoms with van der Waals surface area (Å²) in [6, 6.07) is 4.15. The van der Waals surface area contributed by atoms with E-state index in [9.17, 15) is 24.0 Å². The molecule has 0 fully saturated rings. The average molecular weight is 512 g/mol. The van der Waals surface area contributed by atoms with Gasteiger partial charge in [0.15, 0.2) is 0 Å². The summed E-state index contributed by atoms with van der Waals surface area (Å²) < 4.78 is 0. The number of nitrogens with two attached hydrogens (primary N) is 2. The Morgan fingerprint density at radius 3 is 1.97 bits per heavy atom. The highest BCUT2D eigenvalue weighted by molar-refractivity contribution is 7.98. The molecule has 0 radical (unpaired) electrons. The number of aliphatic hydroxyl groups excluding tert-OH is 1. The Balaban J connectivity index is 2.94. The number of amides is 4. The molecule has 0 aliphatic rings. The summed E-state index contributed by atoms with van der Waals surface area (Å²) >= 11 is 1.40. The van der Waals surface area contributed by atoms with Crippen molar-refractivity contribution in [3.8, 4) is 0 Å². The molecule has 35 heavy (non-hydrogen) atoms. The first-order chi connectivity index (χ1) is 16.6. The number of carboxylic acids is 1. The van der Waals surface area contributed by atoms with E-state index in [1.807, 2.05) is 6.07 Å². The van der Waals surface area contributed by atoms with E-state index in [0.29, 0.717) is 5.75 Å². The van der Waals surface area contributed by atoms with Crippen molar-refractivity contribution >= 4 is 41.4 Å². The Bertz CT molecular complexity index is 871. The van der Waals surface area contributed by atoms with E-state index >= 15 is 0 Å². The summed E-state index contributed by atoms with van der Waals surface area (Å²) in [7, 11) is 0. The number of hydrogen-bond acceptors (Lipinski definition) is 8. The lowest BCUT2D eigenvalue weighted by molar-refractivity contribution is -0.143. The van der Waals surface area contributed by atoms with E-state index in [-0.39, 0.29) is 25.7 Å². The van der Waals surface area contributed by atoms with E-state index in [2.05, 4.69) is 16.0 Å². The normalized spacial score (nSPS) is 14.1. The van der Waals surface area contributed by atoms with Crippen molar-refractivity contribution in [2.45, 2.75) is 49.9 Å².